The molecule has 0 bridgehead atoms. The molecule has 0 spiro atoms. The topological polar surface area (TPSA) is 52.2 Å². The molecule has 1 fully saturated rings. The fraction of sp³-hybridized carbons (Fsp3) is 0.692. The Balaban J connectivity index is 2.22. The second kappa shape index (κ2) is 5.52. The van der Waals surface area contributed by atoms with E-state index in [1.165, 1.54) is 0 Å². The van der Waals surface area contributed by atoms with Gasteiger partial charge >= 0.3 is 0 Å². The summed E-state index contributed by atoms with van der Waals surface area (Å²) in [6, 6.07) is 0. The van der Waals surface area contributed by atoms with E-state index < -0.39 is 0 Å². The zero-order valence-corrected chi connectivity index (χ0v) is 11.5. The highest BCUT2D eigenvalue weighted by Gasteiger charge is 2.17. The maximum Gasteiger partial charge on any atom is 0.255 e. The molecular formula is C13H22N4O. The first kappa shape index (κ1) is 13.1. The van der Waals surface area contributed by atoms with E-state index in [1.807, 2.05) is 6.92 Å². The highest BCUT2D eigenvalue weighted by Crippen LogP contribution is 2.11. The molecule has 0 atom stereocenters. The molecule has 18 heavy (non-hydrogen) atoms. The molecule has 1 saturated heterocycles. The largest absolute Gasteiger partial charge is 0.340 e. The molecule has 2 heterocycles. The predicted molar refractivity (Wildman–Crippen MR) is 73.3 cm³/mol. The number of aromatic nitrogens is 2. The quantitative estimate of drug-likeness (QED) is 0.861. The van der Waals surface area contributed by atoms with Crippen LogP contribution in [-0.4, -0.2) is 48.1 Å². The third-order valence-corrected chi connectivity index (χ3v) is 3.51. The lowest BCUT2D eigenvalue weighted by Gasteiger charge is -2.32. The molecule has 5 heteroatoms. The van der Waals surface area contributed by atoms with Gasteiger partial charge in [0.2, 0.25) is 5.95 Å². The molecular weight excluding hydrogens is 228 g/mol. The van der Waals surface area contributed by atoms with Gasteiger partial charge in [-0.3, -0.25) is 9.78 Å². The number of hydrogen-bond donors (Lipinski definition) is 1. The van der Waals surface area contributed by atoms with Crippen LogP contribution in [0.5, 0.6) is 0 Å². The van der Waals surface area contributed by atoms with Crippen LogP contribution in [0.4, 0.5) is 5.95 Å². The minimum absolute atomic E-state index is 0.0262. The SMILES string of the molecule is CCCc1c(C)nc(N2CCN(C)CC2)[nH]c1=O. The summed E-state index contributed by atoms with van der Waals surface area (Å²) in [5.74, 6) is 0.727. The highest BCUT2D eigenvalue weighted by atomic mass is 16.1. The van der Waals surface area contributed by atoms with Gasteiger partial charge in [0.1, 0.15) is 0 Å². The van der Waals surface area contributed by atoms with Gasteiger partial charge in [-0.15, -0.1) is 0 Å². The molecule has 1 aliphatic rings. The van der Waals surface area contributed by atoms with E-state index in [0.29, 0.717) is 0 Å². The van der Waals surface area contributed by atoms with Crippen molar-refractivity contribution in [1.29, 1.82) is 0 Å². The Morgan fingerprint density at radius 1 is 1.28 bits per heavy atom. The molecule has 2 rings (SSSR count). The summed E-state index contributed by atoms with van der Waals surface area (Å²) in [6.45, 7) is 7.88. The molecule has 1 N–H and O–H groups in total. The fourth-order valence-corrected chi connectivity index (χ4v) is 2.31. The Labute approximate surface area is 108 Å². The third-order valence-electron chi connectivity index (χ3n) is 3.51. The minimum atomic E-state index is 0.0262. The third kappa shape index (κ3) is 2.72. The molecule has 0 unspecified atom stereocenters. The van der Waals surface area contributed by atoms with Crippen molar-refractivity contribution in [3.05, 3.63) is 21.6 Å². The van der Waals surface area contributed by atoms with Gasteiger partial charge in [-0.2, -0.15) is 0 Å². The zero-order chi connectivity index (χ0) is 13.1. The van der Waals surface area contributed by atoms with Crippen molar-refractivity contribution in [2.45, 2.75) is 26.7 Å². The smallest absolute Gasteiger partial charge is 0.255 e. The van der Waals surface area contributed by atoms with Crippen LogP contribution in [0, 0.1) is 6.92 Å². The van der Waals surface area contributed by atoms with Gasteiger partial charge in [-0.1, -0.05) is 13.3 Å². The molecule has 1 aliphatic heterocycles. The van der Waals surface area contributed by atoms with Crippen molar-refractivity contribution in [2.75, 3.05) is 38.1 Å². The molecule has 0 aliphatic carbocycles. The van der Waals surface area contributed by atoms with E-state index >= 15 is 0 Å². The van der Waals surface area contributed by atoms with Gasteiger partial charge in [-0.05, 0) is 20.4 Å². The van der Waals surface area contributed by atoms with Crippen molar-refractivity contribution < 1.29 is 0 Å². The predicted octanol–water partition coefficient (Wildman–Crippen LogP) is 0.783. The maximum atomic E-state index is 12.0. The molecule has 1 aromatic heterocycles. The second-order valence-electron chi connectivity index (χ2n) is 4.99. The monoisotopic (exact) mass is 250 g/mol. The van der Waals surface area contributed by atoms with E-state index in [1.54, 1.807) is 0 Å². The molecule has 0 aromatic carbocycles. The normalized spacial score (nSPS) is 17.2. The summed E-state index contributed by atoms with van der Waals surface area (Å²) in [5.41, 5.74) is 1.73. The zero-order valence-electron chi connectivity index (χ0n) is 11.5. The van der Waals surface area contributed by atoms with Crippen LogP contribution in [0.1, 0.15) is 24.6 Å². The van der Waals surface area contributed by atoms with Crippen LogP contribution >= 0.6 is 0 Å². The van der Waals surface area contributed by atoms with Crippen molar-refractivity contribution in [2.24, 2.45) is 0 Å². The Morgan fingerprint density at radius 3 is 2.50 bits per heavy atom. The summed E-state index contributed by atoms with van der Waals surface area (Å²) in [4.78, 5) is 23.9. The Morgan fingerprint density at radius 2 is 1.94 bits per heavy atom. The van der Waals surface area contributed by atoms with Gasteiger partial charge in [0.05, 0.1) is 0 Å². The van der Waals surface area contributed by atoms with Crippen molar-refractivity contribution in [1.82, 2.24) is 14.9 Å². The average molecular weight is 250 g/mol. The standard InChI is InChI=1S/C13H22N4O/c1-4-5-11-10(2)14-13(15-12(11)18)17-8-6-16(3)7-9-17/h4-9H2,1-3H3,(H,14,15,18). The minimum Gasteiger partial charge on any atom is -0.340 e. The fourth-order valence-electron chi connectivity index (χ4n) is 2.31. The maximum absolute atomic E-state index is 12.0. The van der Waals surface area contributed by atoms with Crippen LogP contribution < -0.4 is 10.5 Å². The number of anilines is 1. The lowest BCUT2D eigenvalue weighted by atomic mass is 10.1. The highest BCUT2D eigenvalue weighted by molar-refractivity contribution is 5.33. The summed E-state index contributed by atoms with van der Waals surface area (Å²) < 4.78 is 0. The summed E-state index contributed by atoms with van der Waals surface area (Å²) in [5, 5.41) is 0. The number of H-pyrrole nitrogens is 1. The van der Waals surface area contributed by atoms with E-state index in [2.05, 4.69) is 33.7 Å². The number of piperazine rings is 1. The first-order chi connectivity index (χ1) is 8.61. The van der Waals surface area contributed by atoms with Crippen molar-refractivity contribution >= 4 is 5.95 Å². The lowest BCUT2D eigenvalue weighted by molar-refractivity contribution is 0.311. The Kier molecular flexibility index (Phi) is 4.01. The number of nitrogens with one attached hydrogen (secondary N) is 1. The van der Waals surface area contributed by atoms with E-state index in [4.69, 9.17) is 0 Å². The van der Waals surface area contributed by atoms with Crippen molar-refractivity contribution in [3.8, 4) is 0 Å². The summed E-state index contributed by atoms with van der Waals surface area (Å²) in [7, 11) is 2.11. The summed E-state index contributed by atoms with van der Waals surface area (Å²) in [6.07, 6.45) is 1.77. The number of hydrogen-bond acceptors (Lipinski definition) is 4. The second-order valence-corrected chi connectivity index (χ2v) is 4.99. The molecule has 5 nitrogen and oxygen atoms in total. The summed E-state index contributed by atoms with van der Waals surface area (Å²) >= 11 is 0. The number of nitrogens with zero attached hydrogens (tertiary/aromatic N) is 3. The Bertz CT molecular complexity index is 461. The van der Waals surface area contributed by atoms with Crippen LogP contribution in [-0.2, 0) is 6.42 Å². The molecule has 0 radical (unpaired) electrons. The first-order valence-corrected chi connectivity index (χ1v) is 6.65. The van der Waals surface area contributed by atoms with Gasteiger partial charge < -0.3 is 9.80 Å². The molecule has 100 valence electrons. The molecule has 0 amide bonds. The number of rotatable bonds is 3. The number of likely N-dealkylation sites (N-methyl/N-ethyl adjacent to an activating group) is 1. The molecule has 1 aromatic rings. The van der Waals surface area contributed by atoms with Crippen LogP contribution in [0.2, 0.25) is 0 Å². The van der Waals surface area contributed by atoms with Gasteiger partial charge in [0.25, 0.3) is 5.56 Å². The van der Waals surface area contributed by atoms with Crippen LogP contribution in [0.25, 0.3) is 0 Å². The van der Waals surface area contributed by atoms with Crippen LogP contribution in [0.15, 0.2) is 4.79 Å². The lowest BCUT2D eigenvalue weighted by Crippen LogP contribution is -2.45. The van der Waals surface area contributed by atoms with E-state index in [9.17, 15) is 4.79 Å². The van der Waals surface area contributed by atoms with Crippen LogP contribution in [0.3, 0.4) is 0 Å². The van der Waals surface area contributed by atoms with Gasteiger partial charge in [0, 0.05) is 37.4 Å². The van der Waals surface area contributed by atoms with Crippen molar-refractivity contribution in [3.63, 3.8) is 0 Å². The Hall–Kier alpha value is -1.36. The van der Waals surface area contributed by atoms with E-state index in [0.717, 1.165) is 56.2 Å². The van der Waals surface area contributed by atoms with Gasteiger partial charge in [-0.25, -0.2) is 4.98 Å². The van der Waals surface area contributed by atoms with E-state index in [-0.39, 0.29) is 5.56 Å². The average Bonchev–Trinajstić information content (AvgIpc) is 2.34. The number of aryl methyl sites for hydroxylation is 1. The van der Waals surface area contributed by atoms with Gasteiger partial charge in [0.15, 0.2) is 0 Å². The molecule has 0 saturated carbocycles. The first-order valence-electron chi connectivity index (χ1n) is 6.65. The number of aromatic amines is 1.